The number of ether oxygens (including phenoxy) is 1. The molecule has 0 bridgehead atoms. The number of hydrogen-bond acceptors (Lipinski definition) is 3. The molecular formula is C15H16Cl3N2O3+. The van der Waals surface area contributed by atoms with Gasteiger partial charge in [0.15, 0.2) is 5.76 Å². The van der Waals surface area contributed by atoms with Gasteiger partial charge in [0.1, 0.15) is 12.3 Å². The van der Waals surface area contributed by atoms with Gasteiger partial charge in [-0.15, -0.1) is 0 Å². The maximum Gasteiger partial charge on any atom is 0.262 e. The molecule has 0 aliphatic carbocycles. The van der Waals surface area contributed by atoms with Gasteiger partial charge in [0, 0.05) is 5.56 Å². The van der Waals surface area contributed by atoms with Crippen molar-refractivity contribution in [3.63, 3.8) is 0 Å². The third kappa shape index (κ3) is 5.32. The van der Waals surface area contributed by atoms with Crippen molar-refractivity contribution in [2.75, 3.05) is 7.11 Å². The molecule has 2 rings (SSSR count). The van der Waals surface area contributed by atoms with E-state index in [0.717, 1.165) is 0 Å². The monoisotopic (exact) mass is 377 g/mol. The maximum atomic E-state index is 12.3. The van der Waals surface area contributed by atoms with E-state index in [-0.39, 0.29) is 5.91 Å². The Morgan fingerprint density at radius 3 is 2.52 bits per heavy atom. The molecule has 1 amide bonds. The highest BCUT2D eigenvalue weighted by atomic mass is 35.6. The molecule has 0 saturated carbocycles. The van der Waals surface area contributed by atoms with Crippen molar-refractivity contribution >= 4 is 40.7 Å². The topological polar surface area (TPSA) is 68.1 Å². The van der Waals surface area contributed by atoms with Gasteiger partial charge in [-0.2, -0.15) is 0 Å². The van der Waals surface area contributed by atoms with Crippen molar-refractivity contribution in [1.29, 1.82) is 0 Å². The third-order valence-corrected chi connectivity index (χ3v) is 3.83. The third-order valence-electron chi connectivity index (χ3n) is 3.13. The Kier molecular flexibility index (Phi) is 6.18. The number of halogens is 3. The van der Waals surface area contributed by atoms with E-state index in [2.05, 4.69) is 5.32 Å². The second kappa shape index (κ2) is 7.93. The molecule has 5 nitrogen and oxygen atoms in total. The van der Waals surface area contributed by atoms with Gasteiger partial charge >= 0.3 is 0 Å². The zero-order valence-electron chi connectivity index (χ0n) is 12.3. The highest BCUT2D eigenvalue weighted by Gasteiger charge is 2.37. The Hall–Kier alpha value is -1.40. The lowest BCUT2D eigenvalue weighted by Gasteiger charge is -2.23. The second-order valence-corrected chi connectivity index (χ2v) is 7.11. The molecule has 2 aromatic rings. The molecule has 1 aromatic heterocycles. The molecule has 0 spiro atoms. The van der Waals surface area contributed by atoms with Crippen molar-refractivity contribution < 1.29 is 19.3 Å². The van der Waals surface area contributed by atoms with E-state index >= 15 is 0 Å². The van der Waals surface area contributed by atoms with Gasteiger partial charge in [0.05, 0.1) is 13.4 Å². The summed E-state index contributed by atoms with van der Waals surface area (Å²) >= 11 is 17.9. The number of amides is 1. The molecule has 23 heavy (non-hydrogen) atoms. The van der Waals surface area contributed by atoms with Crippen LogP contribution in [0, 0.1) is 0 Å². The van der Waals surface area contributed by atoms with E-state index in [0.29, 0.717) is 23.6 Å². The molecule has 0 unspecified atom stereocenters. The van der Waals surface area contributed by atoms with Crippen molar-refractivity contribution in [3.8, 4) is 5.75 Å². The smallest absolute Gasteiger partial charge is 0.262 e. The zero-order valence-corrected chi connectivity index (χ0v) is 14.5. The molecule has 0 saturated heterocycles. The summed E-state index contributed by atoms with van der Waals surface area (Å²) in [6, 6.07) is 10.2. The number of methoxy groups -OCH3 is 1. The summed E-state index contributed by atoms with van der Waals surface area (Å²) in [6.07, 6.45) is 0.788. The second-order valence-electron chi connectivity index (χ2n) is 4.74. The number of carbonyl (C=O) groups excluding carboxylic acids is 1. The predicted molar refractivity (Wildman–Crippen MR) is 88.9 cm³/mol. The molecular weight excluding hydrogens is 363 g/mol. The summed E-state index contributed by atoms with van der Waals surface area (Å²) in [5, 5.41) is 4.39. The van der Waals surface area contributed by atoms with Gasteiger partial charge in [-0.1, -0.05) is 34.8 Å². The summed E-state index contributed by atoms with van der Waals surface area (Å²) in [5.41, 5.74) is 0.441. The molecule has 0 aliphatic heterocycles. The number of benzene rings is 1. The number of quaternary nitrogens is 1. The Morgan fingerprint density at radius 2 is 2.00 bits per heavy atom. The van der Waals surface area contributed by atoms with Crippen LogP contribution in [-0.4, -0.2) is 23.0 Å². The fourth-order valence-corrected chi connectivity index (χ4v) is 2.34. The van der Waals surface area contributed by atoms with Crippen LogP contribution in [0.15, 0.2) is 47.1 Å². The first-order chi connectivity index (χ1) is 10.9. The highest BCUT2D eigenvalue weighted by molar-refractivity contribution is 6.68. The summed E-state index contributed by atoms with van der Waals surface area (Å²) in [5.74, 6) is 1.02. The van der Waals surface area contributed by atoms with E-state index in [1.165, 1.54) is 0 Å². The normalized spacial score (nSPS) is 12.7. The quantitative estimate of drug-likeness (QED) is 0.599. The number of alkyl halides is 3. The minimum atomic E-state index is -1.67. The predicted octanol–water partition coefficient (Wildman–Crippen LogP) is 2.48. The maximum absolute atomic E-state index is 12.3. The fourth-order valence-electron chi connectivity index (χ4n) is 1.90. The number of nitrogens with two attached hydrogens (primary N) is 1. The Labute approximate surface area is 148 Å². The van der Waals surface area contributed by atoms with Crippen LogP contribution in [0.4, 0.5) is 0 Å². The van der Waals surface area contributed by atoms with Gasteiger partial charge in [0.25, 0.3) is 9.70 Å². The molecule has 0 fully saturated rings. The van der Waals surface area contributed by atoms with Crippen LogP contribution in [0.1, 0.15) is 16.1 Å². The summed E-state index contributed by atoms with van der Waals surface area (Å²) in [7, 11) is 1.55. The van der Waals surface area contributed by atoms with E-state index in [4.69, 9.17) is 44.0 Å². The van der Waals surface area contributed by atoms with Gasteiger partial charge in [-0.05, 0) is 36.4 Å². The van der Waals surface area contributed by atoms with Crippen molar-refractivity contribution in [2.45, 2.75) is 16.5 Å². The van der Waals surface area contributed by atoms with Crippen molar-refractivity contribution in [1.82, 2.24) is 5.32 Å². The molecule has 0 aliphatic rings. The lowest BCUT2D eigenvalue weighted by Crippen LogP contribution is -2.95. The first kappa shape index (κ1) is 17.9. The minimum absolute atomic E-state index is 0.348. The molecule has 1 aromatic carbocycles. The van der Waals surface area contributed by atoms with E-state index in [1.807, 2.05) is 0 Å². The van der Waals surface area contributed by atoms with Crippen LogP contribution in [-0.2, 0) is 6.54 Å². The van der Waals surface area contributed by atoms with Gasteiger partial charge in [-0.3, -0.25) is 10.1 Å². The zero-order chi connectivity index (χ0) is 16.9. The number of nitrogens with one attached hydrogen (secondary N) is 1. The summed E-state index contributed by atoms with van der Waals surface area (Å²) in [4.78, 5) is 12.3. The molecule has 1 heterocycles. The minimum Gasteiger partial charge on any atom is -0.497 e. The number of furan rings is 1. The Bertz CT molecular complexity index is 624. The van der Waals surface area contributed by atoms with Crippen molar-refractivity contribution in [2.24, 2.45) is 0 Å². The largest absolute Gasteiger partial charge is 0.497 e. The first-order valence-electron chi connectivity index (χ1n) is 6.77. The highest BCUT2D eigenvalue weighted by Crippen LogP contribution is 2.27. The van der Waals surface area contributed by atoms with Crippen LogP contribution < -0.4 is 15.4 Å². The molecule has 124 valence electrons. The van der Waals surface area contributed by atoms with Crippen LogP contribution in [0.25, 0.3) is 0 Å². The van der Waals surface area contributed by atoms with E-state index in [1.54, 1.807) is 55.1 Å². The van der Waals surface area contributed by atoms with Gasteiger partial charge in [0.2, 0.25) is 6.17 Å². The standard InChI is InChI=1S/C15H15Cl3N2O3/c1-22-11-6-4-10(5-7-11)13(21)20-14(15(16,17)18)19-9-12-3-2-8-23-12/h2-8,14,19H,9H2,1H3,(H,20,21)/p+1/t14-/m1/s1. The lowest BCUT2D eigenvalue weighted by molar-refractivity contribution is -0.708. The lowest BCUT2D eigenvalue weighted by atomic mass is 10.2. The van der Waals surface area contributed by atoms with Crippen LogP contribution >= 0.6 is 34.8 Å². The van der Waals surface area contributed by atoms with E-state index < -0.39 is 9.96 Å². The van der Waals surface area contributed by atoms with Gasteiger partial charge < -0.3 is 14.5 Å². The average molecular weight is 379 g/mol. The molecule has 0 radical (unpaired) electrons. The fraction of sp³-hybridized carbons (Fsp3) is 0.267. The Balaban J connectivity index is 2.02. The SMILES string of the molecule is COc1ccc(C(=O)N[C@@H]([NH2+]Cc2ccco2)C(Cl)(Cl)Cl)cc1. The molecule has 8 heteroatoms. The summed E-state index contributed by atoms with van der Waals surface area (Å²) in [6.45, 7) is 0.425. The Morgan fingerprint density at radius 1 is 1.30 bits per heavy atom. The van der Waals surface area contributed by atoms with Crippen LogP contribution in [0.5, 0.6) is 5.75 Å². The number of carbonyl (C=O) groups is 1. The van der Waals surface area contributed by atoms with Gasteiger partial charge in [-0.25, -0.2) is 0 Å². The van der Waals surface area contributed by atoms with E-state index in [9.17, 15) is 4.79 Å². The first-order valence-corrected chi connectivity index (χ1v) is 7.91. The molecule has 3 N–H and O–H groups in total. The number of hydrogen-bond donors (Lipinski definition) is 2. The average Bonchev–Trinajstić information content (AvgIpc) is 3.03. The number of rotatable bonds is 6. The van der Waals surface area contributed by atoms with Crippen LogP contribution in [0.3, 0.4) is 0 Å². The van der Waals surface area contributed by atoms with Crippen LogP contribution in [0.2, 0.25) is 0 Å². The molecule has 1 atom stereocenters. The summed E-state index contributed by atoms with van der Waals surface area (Å²) < 4.78 is 8.61. The van der Waals surface area contributed by atoms with Crippen molar-refractivity contribution in [3.05, 3.63) is 54.0 Å².